The topological polar surface area (TPSA) is 65.7 Å². The Morgan fingerprint density at radius 2 is 2.12 bits per heavy atom. The minimum Gasteiger partial charge on any atom is -0.492 e. The van der Waals surface area contributed by atoms with Crippen molar-refractivity contribution < 1.29 is 4.74 Å². The van der Waals surface area contributed by atoms with E-state index < -0.39 is 0 Å². The predicted molar refractivity (Wildman–Crippen MR) is 96.1 cm³/mol. The van der Waals surface area contributed by atoms with Crippen LogP contribution in [-0.4, -0.2) is 31.8 Å². The summed E-state index contributed by atoms with van der Waals surface area (Å²) in [6.45, 7) is 6.86. The number of hydrogen-bond donors (Lipinski definition) is 0. The van der Waals surface area contributed by atoms with E-state index in [-0.39, 0.29) is 0 Å². The van der Waals surface area contributed by atoms with Gasteiger partial charge in [-0.1, -0.05) is 37.7 Å². The lowest BCUT2D eigenvalue weighted by atomic mass is 10.2. The minimum atomic E-state index is 0.456. The second kappa shape index (κ2) is 7.76. The molecule has 0 spiro atoms. The highest BCUT2D eigenvalue weighted by Gasteiger charge is 2.14. The molecule has 0 aliphatic heterocycles. The van der Waals surface area contributed by atoms with E-state index in [4.69, 9.17) is 4.74 Å². The third kappa shape index (κ3) is 3.76. The number of para-hydroxylation sites is 2. The fourth-order valence-corrected chi connectivity index (χ4v) is 3.84. The van der Waals surface area contributed by atoms with Gasteiger partial charge in [-0.25, -0.2) is 4.98 Å². The number of benzene rings is 1. The van der Waals surface area contributed by atoms with Crippen molar-refractivity contribution in [3.8, 4) is 11.4 Å². The lowest BCUT2D eigenvalue weighted by molar-refractivity contribution is 0.337. The number of hydrogen-bond acceptors (Lipinski definition) is 7. The molecule has 0 aliphatic rings. The van der Waals surface area contributed by atoms with Crippen LogP contribution in [0.4, 0.5) is 0 Å². The second-order valence-corrected chi connectivity index (χ2v) is 7.23. The Morgan fingerprint density at radius 1 is 1.29 bits per heavy atom. The van der Waals surface area contributed by atoms with Crippen LogP contribution in [0.5, 0.6) is 5.75 Å². The maximum Gasteiger partial charge on any atom is 0.214 e. The number of ether oxygens (including phenoxy) is 1. The summed E-state index contributed by atoms with van der Waals surface area (Å²) in [6.07, 6.45) is 0. The molecule has 0 N–H and O–H groups in total. The molecule has 3 rings (SSSR count). The van der Waals surface area contributed by atoms with Crippen LogP contribution in [-0.2, 0) is 5.75 Å². The van der Waals surface area contributed by atoms with E-state index in [1.165, 1.54) is 0 Å². The Labute approximate surface area is 149 Å². The van der Waals surface area contributed by atoms with Gasteiger partial charge in [0.25, 0.3) is 0 Å². The average molecular weight is 361 g/mol. The molecule has 6 nitrogen and oxygen atoms in total. The number of aromatic nitrogens is 5. The summed E-state index contributed by atoms with van der Waals surface area (Å²) in [4.78, 5) is 4.65. The maximum absolute atomic E-state index is 5.67. The van der Waals surface area contributed by atoms with Crippen LogP contribution >= 0.6 is 23.1 Å². The van der Waals surface area contributed by atoms with Gasteiger partial charge in [0.05, 0.1) is 17.3 Å². The van der Waals surface area contributed by atoms with Crippen LogP contribution in [0.2, 0.25) is 0 Å². The van der Waals surface area contributed by atoms with Gasteiger partial charge in [0, 0.05) is 17.1 Å². The van der Waals surface area contributed by atoms with Gasteiger partial charge in [-0.2, -0.15) is 4.68 Å². The van der Waals surface area contributed by atoms with Crippen molar-refractivity contribution in [3.05, 3.63) is 40.3 Å². The van der Waals surface area contributed by atoms with Crippen LogP contribution in [0.15, 0.2) is 34.8 Å². The highest BCUT2D eigenvalue weighted by Crippen LogP contribution is 2.28. The van der Waals surface area contributed by atoms with E-state index in [1.54, 1.807) is 27.8 Å². The molecular formula is C16H19N5OS2. The first-order valence-electron chi connectivity index (χ1n) is 7.76. The predicted octanol–water partition coefficient (Wildman–Crippen LogP) is 3.93. The van der Waals surface area contributed by atoms with Crippen LogP contribution in [0.1, 0.15) is 37.4 Å². The van der Waals surface area contributed by atoms with E-state index in [0.29, 0.717) is 12.5 Å². The highest BCUT2D eigenvalue weighted by atomic mass is 32.2. The Kier molecular flexibility index (Phi) is 5.47. The molecule has 0 radical (unpaired) electrons. The standard InChI is InChI=1S/C16H19N5OS2/c1-4-22-14-8-6-5-7-13(14)21-16(18-19-20-21)24-10-12-9-23-15(17-12)11(2)3/h5-9,11H,4,10H2,1-3H3. The molecule has 24 heavy (non-hydrogen) atoms. The molecular weight excluding hydrogens is 342 g/mol. The first-order valence-corrected chi connectivity index (χ1v) is 9.63. The van der Waals surface area contributed by atoms with Gasteiger partial charge in [0.2, 0.25) is 5.16 Å². The Hall–Kier alpha value is -1.93. The monoisotopic (exact) mass is 361 g/mol. The van der Waals surface area contributed by atoms with Crippen molar-refractivity contribution in [1.29, 1.82) is 0 Å². The van der Waals surface area contributed by atoms with E-state index >= 15 is 0 Å². The van der Waals surface area contributed by atoms with Crippen molar-refractivity contribution >= 4 is 23.1 Å². The largest absolute Gasteiger partial charge is 0.492 e. The third-order valence-electron chi connectivity index (χ3n) is 3.25. The normalized spacial score (nSPS) is 11.2. The molecule has 126 valence electrons. The molecule has 0 atom stereocenters. The van der Waals surface area contributed by atoms with Gasteiger partial charge in [0.15, 0.2) is 0 Å². The van der Waals surface area contributed by atoms with Crippen LogP contribution < -0.4 is 4.74 Å². The zero-order chi connectivity index (χ0) is 16.9. The van der Waals surface area contributed by atoms with Gasteiger partial charge in [0.1, 0.15) is 11.4 Å². The van der Waals surface area contributed by atoms with Gasteiger partial charge >= 0.3 is 0 Å². The quantitative estimate of drug-likeness (QED) is 0.594. The van der Waals surface area contributed by atoms with Crippen molar-refractivity contribution in [1.82, 2.24) is 25.2 Å². The number of thioether (sulfide) groups is 1. The zero-order valence-corrected chi connectivity index (χ0v) is 15.5. The molecule has 1 aromatic carbocycles. The van der Waals surface area contributed by atoms with E-state index in [1.807, 2.05) is 31.2 Å². The molecule has 0 saturated carbocycles. The Bertz CT molecular complexity index is 799. The van der Waals surface area contributed by atoms with Crippen molar-refractivity contribution in [2.75, 3.05) is 6.61 Å². The van der Waals surface area contributed by atoms with Gasteiger partial charge in [-0.3, -0.25) is 0 Å². The van der Waals surface area contributed by atoms with Gasteiger partial charge < -0.3 is 4.74 Å². The van der Waals surface area contributed by atoms with Gasteiger partial charge in [-0.05, 0) is 29.5 Å². The summed E-state index contributed by atoms with van der Waals surface area (Å²) in [5.74, 6) is 1.96. The highest BCUT2D eigenvalue weighted by molar-refractivity contribution is 7.98. The summed E-state index contributed by atoms with van der Waals surface area (Å²) in [6, 6.07) is 7.76. The summed E-state index contributed by atoms with van der Waals surface area (Å²) >= 11 is 3.27. The van der Waals surface area contributed by atoms with Crippen LogP contribution in [0, 0.1) is 0 Å². The number of rotatable bonds is 7. The molecule has 8 heteroatoms. The lowest BCUT2D eigenvalue weighted by Gasteiger charge is -2.10. The van der Waals surface area contributed by atoms with E-state index in [9.17, 15) is 0 Å². The second-order valence-electron chi connectivity index (χ2n) is 5.39. The molecule has 0 aliphatic carbocycles. The fraction of sp³-hybridized carbons (Fsp3) is 0.375. The van der Waals surface area contributed by atoms with Crippen LogP contribution in [0.3, 0.4) is 0 Å². The minimum absolute atomic E-state index is 0.456. The van der Waals surface area contributed by atoms with E-state index in [0.717, 1.165) is 33.0 Å². The molecule has 0 bridgehead atoms. The molecule has 2 heterocycles. The maximum atomic E-state index is 5.67. The number of nitrogens with zero attached hydrogens (tertiary/aromatic N) is 5. The average Bonchev–Trinajstić information content (AvgIpc) is 3.23. The lowest BCUT2D eigenvalue weighted by Crippen LogP contribution is -2.03. The molecule has 0 unspecified atom stereocenters. The smallest absolute Gasteiger partial charge is 0.214 e. The summed E-state index contributed by atoms with van der Waals surface area (Å²) in [5, 5.41) is 16.0. The van der Waals surface area contributed by atoms with E-state index in [2.05, 4.69) is 39.7 Å². The molecule has 0 amide bonds. The molecule has 0 fully saturated rings. The first-order chi connectivity index (χ1) is 11.7. The SMILES string of the molecule is CCOc1ccccc1-n1nnnc1SCc1csc(C(C)C)n1. The number of tetrazole rings is 1. The molecule has 3 aromatic rings. The first kappa shape index (κ1) is 16.9. The van der Waals surface area contributed by atoms with Crippen molar-refractivity contribution in [2.45, 2.75) is 37.6 Å². The summed E-state index contributed by atoms with van der Waals surface area (Å²) in [5.41, 5.74) is 1.90. The van der Waals surface area contributed by atoms with Gasteiger partial charge in [-0.15, -0.1) is 16.4 Å². The number of thiazole rings is 1. The summed E-state index contributed by atoms with van der Waals surface area (Å²) in [7, 11) is 0. The molecule has 0 saturated heterocycles. The Morgan fingerprint density at radius 3 is 2.88 bits per heavy atom. The van der Waals surface area contributed by atoms with Crippen molar-refractivity contribution in [2.24, 2.45) is 0 Å². The Balaban J connectivity index is 1.78. The summed E-state index contributed by atoms with van der Waals surface area (Å²) < 4.78 is 7.39. The third-order valence-corrected chi connectivity index (χ3v) is 5.39. The zero-order valence-electron chi connectivity index (χ0n) is 13.8. The fourth-order valence-electron chi connectivity index (χ4n) is 2.12. The van der Waals surface area contributed by atoms with Crippen molar-refractivity contribution in [3.63, 3.8) is 0 Å². The molecule has 2 aromatic heterocycles. The van der Waals surface area contributed by atoms with Crippen LogP contribution in [0.25, 0.3) is 5.69 Å².